The molecule has 0 aliphatic heterocycles. The molecule has 70 valence electrons. The summed E-state index contributed by atoms with van der Waals surface area (Å²) >= 11 is 4.93. The van der Waals surface area contributed by atoms with E-state index in [9.17, 15) is 4.39 Å². The van der Waals surface area contributed by atoms with E-state index in [0.29, 0.717) is 4.64 Å². The molecule has 0 amide bonds. The fraction of sp³-hybridized carbons (Fsp3) is 0. The van der Waals surface area contributed by atoms with E-state index in [1.807, 2.05) is 0 Å². The molecule has 2 rings (SSSR count). The minimum absolute atomic E-state index is 0.253. The molecular formula is C10H7FN2S. The van der Waals surface area contributed by atoms with Crippen LogP contribution in [0.1, 0.15) is 0 Å². The van der Waals surface area contributed by atoms with Gasteiger partial charge in [-0.25, -0.2) is 4.39 Å². The number of nitrogens with one attached hydrogen (secondary N) is 1. The lowest BCUT2D eigenvalue weighted by Crippen LogP contribution is -1.85. The van der Waals surface area contributed by atoms with Crippen molar-refractivity contribution in [2.45, 2.75) is 0 Å². The van der Waals surface area contributed by atoms with Gasteiger partial charge in [0.05, 0.1) is 18.1 Å². The molecule has 0 radical (unpaired) electrons. The van der Waals surface area contributed by atoms with E-state index in [2.05, 4.69) is 9.97 Å². The fourth-order valence-electron chi connectivity index (χ4n) is 1.15. The minimum atomic E-state index is -0.253. The Morgan fingerprint density at radius 1 is 1.14 bits per heavy atom. The Kier molecular flexibility index (Phi) is 2.37. The summed E-state index contributed by atoms with van der Waals surface area (Å²) in [7, 11) is 0. The van der Waals surface area contributed by atoms with Crippen molar-refractivity contribution >= 4 is 12.2 Å². The average molecular weight is 206 g/mol. The lowest BCUT2D eigenvalue weighted by Gasteiger charge is -1.99. The summed E-state index contributed by atoms with van der Waals surface area (Å²) in [6.07, 6.45) is 3.21. The molecule has 0 saturated carbocycles. The van der Waals surface area contributed by atoms with Gasteiger partial charge in [-0.05, 0) is 29.8 Å². The zero-order valence-electron chi connectivity index (χ0n) is 7.20. The Hall–Kier alpha value is -1.55. The van der Waals surface area contributed by atoms with Crippen LogP contribution in [0.5, 0.6) is 0 Å². The van der Waals surface area contributed by atoms with Gasteiger partial charge in [-0.3, -0.25) is 4.98 Å². The van der Waals surface area contributed by atoms with E-state index in [4.69, 9.17) is 12.2 Å². The Balaban J connectivity index is 2.50. The molecule has 14 heavy (non-hydrogen) atoms. The maximum atomic E-state index is 12.6. The molecule has 1 aromatic heterocycles. The number of hydrogen-bond acceptors (Lipinski definition) is 2. The molecule has 0 saturated heterocycles. The van der Waals surface area contributed by atoms with Gasteiger partial charge in [-0.2, -0.15) is 0 Å². The number of halogens is 1. The molecule has 1 N–H and O–H groups in total. The van der Waals surface area contributed by atoms with Gasteiger partial charge >= 0.3 is 0 Å². The molecule has 0 aliphatic carbocycles. The number of nitrogens with zero attached hydrogens (tertiary/aromatic N) is 1. The second kappa shape index (κ2) is 3.67. The summed E-state index contributed by atoms with van der Waals surface area (Å²) in [4.78, 5) is 6.93. The monoisotopic (exact) mass is 206 g/mol. The largest absolute Gasteiger partial charge is 0.344 e. The van der Waals surface area contributed by atoms with Gasteiger partial charge in [-0.15, -0.1) is 0 Å². The van der Waals surface area contributed by atoms with Crippen LogP contribution in [0.3, 0.4) is 0 Å². The van der Waals surface area contributed by atoms with Crippen LogP contribution in [0, 0.1) is 10.5 Å². The van der Waals surface area contributed by atoms with Crippen molar-refractivity contribution in [3.8, 4) is 11.3 Å². The lowest BCUT2D eigenvalue weighted by molar-refractivity contribution is 0.628. The molecule has 0 unspecified atom stereocenters. The molecular weight excluding hydrogens is 199 g/mol. The van der Waals surface area contributed by atoms with Crippen molar-refractivity contribution in [3.05, 3.63) is 47.1 Å². The van der Waals surface area contributed by atoms with E-state index >= 15 is 0 Å². The normalized spacial score (nSPS) is 10.1. The van der Waals surface area contributed by atoms with Crippen LogP contribution in [-0.2, 0) is 0 Å². The van der Waals surface area contributed by atoms with Gasteiger partial charge in [0, 0.05) is 0 Å². The van der Waals surface area contributed by atoms with Gasteiger partial charge < -0.3 is 4.98 Å². The highest BCUT2D eigenvalue weighted by Crippen LogP contribution is 2.15. The number of benzene rings is 1. The van der Waals surface area contributed by atoms with Gasteiger partial charge in [0.15, 0.2) is 0 Å². The number of hydrogen-bond donors (Lipinski definition) is 1. The van der Waals surface area contributed by atoms with E-state index in [0.717, 1.165) is 11.3 Å². The Bertz CT molecular complexity index is 490. The van der Waals surface area contributed by atoms with Gasteiger partial charge in [0.2, 0.25) is 0 Å². The summed E-state index contributed by atoms with van der Waals surface area (Å²) in [6, 6.07) is 6.16. The average Bonchev–Trinajstić information content (AvgIpc) is 2.19. The third-order valence-corrected chi connectivity index (χ3v) is 2.02. The summed E-state index contributed by atoms with van der Waals surface area (Å²) in [6.45, 7) is 0. The maximum Gasteiger partial charge on any atom is 0.123 e. The predicted molar refractivity (Wildman–Crippen MR) is 54.8 cm³/mol. The summed E-state index contributed by atoms with van der Waals surface area (Å²) < 4.78 is 13.2. The Morgan fingerprint density at radius 3 is 2.50 bits per heavy atom. The molecule has 2 aromatic rings. The van der Waals surface area contributed by atoms with Crippen LogP contribution < -0.4 is 0 Å². The van der Waals surface area contributed by atoms with Crippen LogP contribution in [0.25, 0.3) is 11.3 Å². The van der Waals surface area contributed by atoms with Crippen LogP contribution in [-0.4, -0.2) is 9.97 Å². The van der Waals surface area contributed by atoms with Gasteiger partial charge in [-0.1, -0.05) is 12.2 Å². The lowest BCUT2D eigenvalue weighted by atomic mass is 10.2. The second-order valence-corrected chi connectivity index (χ2v) is 3.26. The van der Waals surface area contributed by atoms with Crippen molar-refractivity contribution < 1.29 is 4.39 Å². The topological polar surface area (TPSA) is 28.7 Å². The smallest absolute Gasteiger partial charge is 0.123 e. The molecule has 0 aliphatic rings. The third kappa shape index (κ3) is 1.85. The molecule has 0 spiro atoms. The highest BCUT2D eigenvalue weighted by atomic mass is 32.1. The number of aromatic amines is 1. The number of H-pyrrole nitrogens is 1. The van der Waals surface area contributed by atoms with E-state index in [-0.39, 0.29) is 5.82 Å². The maximum absolute atomic E-state index is 12.6. The zero-order valence-corrected chi connectivity index (χ0v) is 8.01. The molecule has 2 nitrogen and oxygen atoms in total. The van der Waals surface area contributed by atoms with Crippen molar-refractivity contribution in [2.75, 3.05) is 0 Å². The first-order chi connectivity index (χ1) is 6.75. The van der Waals surface area contributed by atoms with E-state index in [1.54, 1.807) is 24.5 Å². The van der Waals surface area contributed by atoms with Crippen LogP contribution in [0.4, 0.5) is 4.39 Å². The Morgan fingerprint density at radius 2 is 1.86 bits per heavy atom. The van der Waals surface area contributed by atoms with Crippen LogP contribution in [0.2, 0.25) is 0 Å². The number of rotatable bonds is 1. The van der Waals surface area contributed by atoms with Crippen molar-refractivity contribution in [3.63, 3.8) is 0 Å². The van der Waals surface area contributed by atoms with Gasteiger partial charge in [0.1, 0.15) is 10.5 Å². The summed E-state index contributed by atoms with van der Waals surface area (Å²) in [5, 5.41) is 0. The molecule has 1 heterocycles. The second-order valence-electron chi connectivity index (χ2n) is 2.82. The highest BCUT2D eigenvalue weighted by Gasteiger charge is 1.97. The van der Waals surface area contributed by atoms with Crippen LogP contribution in [0.15, 0.2) is 36.7 Å². The zero-order chi connectivity index (χ0) is 9.97. The fourth-order valence-corrected chi connectivity index (χ4v) is 1.32. The Labute approximate surface area is 85.5 Å². The molecule has 0 atom stereocenters. The van der Waals surface area contributed by atoms with Crippen LogP contribution >= 0.6 is 12.2 Å². The highest BCUT2D eigenvalue weighted by molar-refractivity contribution is 7.71. The van der Waals surface area contributed by atoms with Crippen molar-refractivity contribution in [2.24, 2.45) is 0 Å². The van der Waals surface area contributed by atoms with Crippen molar-refractivity contribution in [1.29, 1.82) is 0 Å². The van der Waals surface area contributed by atoms with Gasteiger partial charge in [0.25, 0.3) is 0 Å². The quantitative estimate of drug-likeness (QED) is 0.727. The minimum Gasteiger partial charge on any atom is -0.344 e. The first-order valence-corrected chi connectivity index (χ1v) is 4.47. The first-order valence-electron chi connectivity index (χ1n) is 4.06. The SMILES string of the molecule is Fc1ccc(-c2cncc(=S)[nH]2)cc1. The third-order valence-electron chi connectivity index (χ3n) is 1.81. The van der Waals surface area contributed by atoms with E-state index in [1.165, 1.54) is 12.1 Å². The molecule has 0 fully saturated rings. The van der Waals surface area contributed by atoms with E-state index < -0.39 is 0 Å². The summed E-state index contributed by atoms with van der Waals surface area (Å²) in [5.74, 6) is -0.253. The molecule has 4 heteroatoms. The number of aromatic nitrogens is 2. The molecule has 1 aromatic carbocycles. The van der Waals surface area contributed by atoms with Crippen molar-refractivity contribution in [1.82, 2.24) is 9.97 Å². The standard InChI is InChI=1S/C10H7FN2S/c11-8-3-1-7(2-4-8)9-5-12-6-10(14)13-9/h1-6H,(H,13,14). The molecule has 0 bridgehead atoms. The predicted octanol–water partition coefficient (Wildman–Crippen LogP) is 2.95. The summed E-state index contributed by atoms with van der Waals surface area (Å²) in [5.41, 5.74) is 1.66. The first kappa shape index (κ1) is 9.02.